The zero-order valence-corrected chi connectivity index (χ0v) is 11.1. The second-order valence-electron chi connectivity index (χ2n) is 5.44. The number of nitrogens with one attached hydrogen (secondary N) is 1. The molecule has 0 saturated carbocycles. The van der Waals surface area contributed by atoms with Gasteiger partial charge in [0.25, 0.3) is 0 Å². The smallest absolute Gasteiger partial charge is 0.125 e. The van der Waals surface area contributed by atoms with Crippen molar-refractivity contribution in [2.24, 2.45) is 0 Å². The van der Waals surface area contributed by atoms with Gasteiger partial charge in [0, 0.05) is 36.7 Å². The highest BCUT2D eigenvalue weighted by atomic mass is 35.5. The predicted molar refractivity (Wildman–Crippen MR) is 71.2 cm³/mol. The first-order valence-electron chi connectivity index (χ1n) is 6.62. The maximum Gasteiger partial charge on any atom is 0.125 e. The maximum atomic E-state index is 13.3. The number of nitrogens with zero attached hydrogens (tertiary/aromatic N) is 1. The van der Waals surface area contributed by atoms with E-state index in [-0.39, 0.29) is 5.82 Å². The Balaban J connectivity index is 1.68. The molecular formula is C14H18ClFN2. The summed E-state index contributed by atoms with van der Waals surface area (Å²) in [6, 6.07) is 6.11. The average molecular weight is 269 g/mol. The van der Waals surface area contributed by atoms with Gasteiger partial charge in [-0.15, -0.1) is 0 Å². The van der Waals surface area contributed by atoms with Gasteiger partial charge < -0.3 is 5.32 Å². The third-order valence-electron chi connectivity index (χ3n) is 3.94. The van der Waals surface area contributed by atoms with Crippen molar-refractivity contribution in [3.8, 4) is 0 Å². The van der Waals surface area contributed by atoms with E-state index in [1.807, 2.05) is 6.07 Å². The quantitative estimate of drug-likeness (QED) is 0.887. The third-order valence-corrected chi connectivity index (χ3v) is 4.15. The van der Waals surface area contributed by atoms with Crippen molar-refractivity contribution >= 4 is 11.6 Å². The second kappa shape index (κ2) is 5.16. The Hall–Kier alpha value is -0.640. The van der Waals surface area contributed by atoms with Crippen LogP contribution in [-0.2, 0) is 6.54 Å². The van der Waals surface area contributed by atoms with Gasteiger partial charge in [-0.3, -0.25) is 4.90 Å². The number of rotatable bonds is 2. The lowest BCUT2D eigenvalue weighted by Crippen LogP contribution is -2.34. The Morgan fingerprint density at radius 1 is 1.22 bits per heavy atom. The van der Waals surface area contributed by atoms with Crippen LogP contribution >= 0.6 is 11.6 Å². The summed E-state index contributed by atoms with van der Waals surface area (Å²) in [5, 5.41) is 4.14. The van der Waals surface area contributed by atoms with Crippen LogP contribution in [0.15, 0.2) is 18.2 Å². The Labute approximate surface area is 112 Å². The normalized spacial score (nSPS) is 28.3. The van der Waals surface area contributed by atoms with E-state index < -0.39 is 0 Å². The van der Waals surface area contributed by atoms with Gasteiger partial charge in [0.2, 0.25) is 0 Å². The lowest BCUT2D eigenvalue weighted by molar-refractivity contribution is 0.250. The molecule has 18 heavy (non-hydrogen) atoms. The van der Waals surface area contributed by atoms with Crippen molar-refractivity contribution in [3.05, 3.63) is 34.6 Å². The first kappa shape index (κ1) is 12.4. The van der Waals surface area contributed by atoms with Gasteiger partial charge in [-0.1, -0.05) is 11.6 Å². The molecule has 0 amide bonds. The highest BCUT2D eigenvalue weighted by Gasteiger charge is 2.29. The Morgan fingerprint density at radius 2 is 2.06 bits per heavy atom. The number of benzene rings is 1. The summed E-state index contributed by atoms with van der Waals surface area (Å²) in [5.41, 5.74) is 0.970. The van der Waals surface area contributed by atoms with Crippen LogP contribution in [0.3, 0.4) is 0 Å². The van der Waals surface area contributed by atoms with Crippen LogP contribution in [0, 0.1) is 5.82 Å². The average Bonchev–Trinajstić information content (AvgIpc) is 2.61. The van der Waals surface area contributed by atoms with Gasteiger partial charge in [0.1, 0.15) is 5.82 Å². The van der Waals surface area contributed by atoms with Crippen molar-refractivity contribution in [1.29, 1.82) is 0 Å². The minimum absolute atomic E-state index is 0.244. The van der Waals surface area contributed by atoms with Gasteiger partial charge in [-0.05, 0) is 43.0 Å². The summed E-state index contributed by atoms with van der Waals surface area (Å²) in [4.78, 5) is 2.40. The predicted octanol–water partition coefficient (Wildman–Crippen LogP) is 2.81. The number of hydrogen-bond acceptors (Lipinski definition) is 2. The molecule has 0 spiro atoms. The van der Waals surface area contributed by atoms with E-state index in [9.17, 15) is 4.39 Å². The van der Waals surface area contributed by atoms with Crippen LogP contribution in [0.1, 0.15) is 24.8 Å². The fourth-order valence-corrected chi connectivity index (χ4v) is 3.36. The van der Waals surface area contributed by atoms with E-state index in [1.165, 1.54) is 25.3 Å². The minimum Gasteiger partial charge on any atom is -0.310 e. The fourth-order valence-electron chi connectivity index (χ4n) is 3.12. The first-order valence-corrected chi connectivity index (χ1v) is 7.00. The molecule has 2 saturated heterocycles. The molecule has 2 bridgehead atoms. The summed E-state index contributed by atoms with van der Waals surface area (Å²) >= 11 is 5.89. The Bertz CT molecular complexity index is 418. The van der Waals surface area contributed by atoms with E-state index in [0.29, 0.717) is 17.1 Å². The van der Waals surface area contributed by atoms with Gasteiger partial charge in [-0.25, -0.2) is 4.39 Å². The molecule has 2 unspecified atom stereocenters. The topological polar surface area (TPSA) is 15.3 Å². The van der Waals surface area contributed by atoms with Crippen LogP contribution in [0.5, 0.6) is 0 Å². The molecule has 0 aliphatic carbocycles. The zero-order valence-electron chi connectivity index (χ0n) is 10.3. The summed E-state index contributed by atoms with van der Waals surface area (Å²) < 4.78 is 13.3. The van der Waals surface area contributed by atoms with Gasteiger partial charge in [-0.2, -0.15) is 0 Å². The molecule has 2 heterocycles. The standard InChI is InChI=1S/C14H18ClFN2/c15-11-5-10(6-12(16)7-11)8-18-4-3-13-1-2-14(9-18)17-13/h5-7,13-14,17H,1-4,8-9H2. The van der Waals surface area contributed by atoms with Crippen LogP contribution in [0.25, 0.3) is 0 Å². The Kier molecular flexibility index (Phi) is 3.55. The lowest BCUT2D eigenvalue weighted by Gasteiger charge is -2.24. The number of halogens is 2. The van der Waals surface area contributed by atoms with Crippen LogP contribution in [0.2, 0.25) is 5.02 Å². The van der Waals surface area contributed by atoms with Crippen molar-refractivity contribution in [2.75, 3.05) is 13.1 Å². The molecule has 1 N–H and O–H groups in total. The lowest BCUT2D eigenvalue weighted by atomic mass is 10.1. The third kappa shape index (κ3) is 2.85. The summed E-state index contributed by atoms with van der Waals surface area (Å²) in [7, 11) is 0. The van der Waals surface area contributed by atoms with Gasteiger partial charge in [0.15, 0.2) is 0 Å². The molecule has 3 rings (SSSR count). The van der Waals surface area contributed by atoms with Crippen molar-refractivity contribution in [1.82, 2.24) is 10.2 Å². The molecule has 4 heteroatoms. The van der Waals surface area contributed by atoms with Crippen LogP contribution in [-0.4, -0.2) is 30.1 Å². The molecule has 2 nitrogen and oxygen atoms in total. The molecule has 2 aliphatic heterocycles. The fraction of sp³-hybridized carbons (Fsp3) is 0.571. The van der Waals surface area contributed by atoms with E-state index in [1.54, 1.807) is 6.07 Å². The zero-order chi connectivity index (χ0) is 12.5. The summed E-state index contributed by atoms with van der Waals surface area (Å²) in [5.74, 6) is -0.244. The maximum absolute atomic E-state index is 13.3. The van der Waals surface area contributed by atoms with E-state index in [4.69, 9.17) is 11.6 Å². The highest BCUT2D eigenvalue weighted by molar-refractivity contribution is 6.30. The largest absolute Gasteiger partial charge is 0.310 e. The van der Waals surface area contributed by atoms with Gasteiger partial charge in [0.05, 0.1) is 0 Å². The summed E-state index contributed by atoms with van der Waals surface area (Å²) in [6.07, 6.45) is 3.77. The van der Waals surface area contributed by atoms with Crippen LogP contribution < -0.4 is 5.32 Å². The van der Waals surface area contributed by atoms with Gasteiger partial charge >= 0.3 is 0 Å². The molecule has 0 aromatic heterocycles. The van der Waals surface area contributed by atoms with Crippen molar-refractivity contribution in [2.45, 2.75) is 37.9 Å². The SMILES string of the molecule is Fc1cc(Cl)cc(CN2CCC3CCC(C2)N3)c1. The van der Waals surface area contributed by atoms with E-state index in [0.717, 1.165) is 25.2 Å². The molecule has 1 aromatic carbocycles. The molecular weight excluding hydrogens is 251 g/mol. The number of likely N-dealkylation sites (tertiary alicyclic amines) is 1. The van der Waals surface area contributed by atoms with Crippen molar-refractivity contribution in [3.63, 3.8) is 0 Å². The number of hydrogen-bond donors (Lipinski definition) is 1. The minimum atomic E-state index is -0.244. The molecule has 1 aromatic rings. The highest BCUT2D eigenvalue weighted by Crippen LogP contribution is 2.22. The monoisotopic (exact) mass is 268 g/mol. The van der Waals surface area contributed by atoms with Crippen molar-refractivity contribution < 1.29 is 4.39 Å². The molecule has 98 valence electrons. The van der Waals surface area contributed by atoms with E-state index in [2.05, 4.69) is 10.2 Å². The van der Waals surface area contributed by atoms with E-state index >= 15 is 0 Å². The Morgan fingerprint density at radius 3 is 2.89 bits per heavy atom. The van der Waals surface area contributed by atoms with Crippen LogP contribution in [0.4, 0.5) is 4.39 Å². The molecule has 2 aliphatic rings. The first-order chi connectivity index (χ1) is 8.69. The molecule has 0 radical (unpaired) electrons. The number of fused-ring (bicyclic) bond motifs is 2. The summed E-state index contributed by atoms with van der Waals surface area (Å²) in [6.45, 7) is 2.94. The second-order valence-corrected chi connectivity index (χ2v) is 5.88. The molecule has 2 fully saturated rings. The molecule has 2 atom stereocenters.